The third-order valence-electron chi connectivity index (χ3n) is 2.78. The highest BCUT2D eigenvalue weighted by molar-refractivity contribution is 5.88. The van der Waals surface area contributed by atoms with Crippen LogP contribution in [0, 0.1) is 6.92 Å². The highest BCUT2D eigenvalue weighted by Crippen LogP contribution is 2.13. The SMILES string of the molecule is Cc1ccc(CC(=O)[C@](C)(O)COC(C)C)cc1. The topological polar surface area (TPSA) is 46.5 Å². The van der Waals surface area contributed by atoms with Gasteiger partial charge >= 0.3 is 0 Å². The van der Waals surface area contributed by atoms with Crippen LogP contribution in [0.2, 0.25) is 0 Å². The van der Waals surface area contributed by atoms with Crippen molar-refractivity contribution in [3.63, 3.8) is 0 Å². The van der Waals surface area contributed by atoms with Crippen LogP contribution in [0.5, 0.6) is 0 Å². The van der Waals surface area contributed by atoms with Gasteiger partial charge in [-0.15, -0.1) is 0 Å². The molecule has 1 N–H and O–H groups in total. The molecular formula is C15H22O3. The summed E-state index contributed by atoms with van der Waals surface area (Å²) in [6.07, 6.45) is 0.234. The second-order valence-corrected chi connectivity index (χ2v) is 5.22. The van der Waals surface area contributed by atoms with E-state index in [0.717, 1.165) is 11.1 Å². The van der Waals surface area contributed by atoms with Crippen molar-refractivity contribution in [3.05, 3.63) is 35.4 Å². The van der Waals surface area contributed by atoms with Crippen LogP contribution in [0.25, 0.3) is 0 Å². The molecule has 3 nitrogen and oxygen atoms in total. The summed E-state index contributed by atoms with van der Waals surface area (Å²) in [5, 5.41) is 10.1. The van der Waals surface area contributed by atoms with E-state index >= 15 is 0 Å². The Morgan fingerprint density at radius 3 is 2.39 bits per heavy atom. The fourth-order valence-electron chi connectivity index (χ4n) is 1.49. The summed E-state index contributed by atoms with van der Waals surface area (Å²) in [5.74, 6) is -0.216. The lowest BCUT2D eigenvalue weighted by Crippen LogP contribution is -2.41. The summed E-state index contributed by atoms with van der Waals surface area (Å²) >= 11 is 0. The number of ether oxygens (including phenoxy) is 1. The maximum atomic E-state index is 12.0. The standard InChI is InChI=1S/C15H22O3/c1-11(2)18-10-15(4,17)14(16)9-13-7-5-12(3)6-8-13/h5-8,11,17H,9-10H2,1-4H3/t15-/m1/s1. The molecule has 0 aliphatic rings. The predicted octanol–water partition coefficient (Wildman–Crippen LogP) is 2.28. The van der Waals surface area contributed by atoms with Gasteiger partial charge in [0.15, 0.2) is 5.78 Å². The van der Waals surface area contributed by atoms with E-state index in [1.54, 1.807) is 0 Å². The Labute approximate surface area is 109 Å². The molecule has 1 rings (SSSR count). The Bertz CT molecular complexity index is 391. The van der Waals surface area contributed by atoms with Crippen LogP contribution in [-0.4, -0.2) is 29.2 Å². The Morgan fingerprint density at radius 2 is 1.89 bits per heavy atom. The van der Waals surface area contributed by atoms with Crippen molar-refractivity contribution in [3.8, 4) is 0 Å². The van der Waals surface area contributed by atoms with E-state index in [2.05, 4.69) is 0 Å². The van der Waals surface area contributed by atoms with Crippen LogP contribution >= 0.6 is 0 Å². The lowest BCUT2D eigenvalue weighted by atomic mass is 9.95. The highest BCUT2D eigenvalue weighted by Gasteiger charge is 2.30. The number of aryl methyl sites for hydroxylation is 1. The summed E-state index contributed by atoms with van der Waals surface area (Å²) in [4.78, 5) is 12.0. The van der Waals surface area contributed by atoms with Gasteiger partial charge in [-0.05, 0) is 33.3 Å². The zero-order valence-corrected chi connectivity index (χ0v) is 11.6. The lowest BCUT2D eigenvalue weighted by Gasteiger charge is -2.23. The first-order valence-corrected chi connectivity index (χ1v) is 6.24. The number of carbonyl (C=O) groups excluding carboxylic acids is 1. The van der Waals surface area contributed by atoms with Gasteiger partial charge in [-0.2, -0.15) is 0 Å². The van der Waals surface area contributed by atoms with Crippen LogP contribution < -0.4 is 0 Å². The number of hydrogen-bond acceptors (Lipinski definition) is 3. The normalized spacial score (nSPS) is 14.6. The Balaban J connectivity index is 2.60. The van der Waals surface area contributed by atoms with Crippen molar-refractivity contribution in [1.29, 1.82) is 0 Å². The smallest absolute Gasteiger partial charge is 0.170 e. The van der Waals surface area contributed by atoms with E-state index in [4.69, 9.17) is 4.74 Å². The third kappa shape index (κ3) is 4.59. The Hall–Kier alpha value is -1.19. The van der Waals surface area contributed by atoms with Gasteiger partial charge in [-0.25, -0.2) is 0 Å². The molecule has 0 saturated heterocycles. The van der Waals surface area contributed by atoms with Gasteiger partial charge in [0.05, 0.1) is 12.7 Å². The molecular weight excluding hydrogens is 228 g/mol. The molecule has 0 unspecified atom stereocenters. The predicted molar refractivity (Wildman–Crippen MR) is 71.6 cm³/mol. The van der Waals surface area contributed by atoms with Crippen LogP contribution in [0.15, 0.2) is 24.3 Å². The summed E-state index contributed by atoms with van der Waals surface area (Å²) in [6.45, 7) is 7.29. The number of rotatable bonds is 6. The third-order valence-corrected chi connectivity index (χ3v) is 2.78. The molecule has 3 heteroatoms. The van der Waals surface area contributed by atoms with Crippen molar-refractivity contribution in [2.75, 3.05) is 6.61 Å². The average Bonchev–Trinajstić information content (AvgIpc) is 2.29. The van der Waals surface area contributed by atoms with Gasteiger partial charge in [-0.1, -0.05) is 29.8 Å². The second kappa shape index (κ2) is 6.12. The fraction of sp³-hybridized carbons (Fsp3) is 0.533. The number of aliphatic hydroxyl groups is 1. The Morgan fingerprint density at radius 1 is 1.33 bits per heavy atom. The first-order valence-electron chi connectivity index (χ1n) is 6.24. The molecule has 0 bridgehead atoms. The number of Topliss-reactive ketones (excluding diaryl/α,β-unsaturated/α-hetero) is 1. The van der Waals surface area contributed by atoms with E-state index in [1.807, 2.05) is 45.0 Å². The van der Waals surface area contributed by atoms with Crippen LogP contribution in [-0.2, 0) is 16.0 Å². The second-order valence-electron chi connectivity index (χ2n) is 5.22. The number of benzene rings is 1. The van der Waals surface area contributed by atoms with Gasteiger partial charge < -0.3 is 9.84 Å². The minimum absolute atomic E-state index is 0.00338. The van der Waals surface area contributed by atoms with E-state index in [1.165, 1.54) is 6.92 Å². The maximum absolute atomic E-state index is 12.0. The molecule has 0 spiro atoms. The molecule has 0 fully saturated rings. The largest absolute Gasteiger partial charge is 0.380 e. The molecule has 0 aliphatic carbocycles. The van der Waals surface area contributed by atoms with Gasteiger partial charge in [0.2, 0.25) is 0 Å². The van der Waals surface area contributed by atoms with Gasteiger partial charge in [0.25, 0.3) is 0 Å². The summed E-state index contributed by atoms with van der Waals surface area (Å²) < 4.78 is 5.31. The molecule has 0 aliphatic heterocycles. The van der Waals surface area contributed by atoms with Crippen molar-refractivity contribution in [2.45, 2.75) is 45.8 Å². The maximum Gasteiger partial charge on any atom is 0.170 e. The van der Waals surface area contributed by atoms with Crippen molar-refractivity contribution in [2.24, 2.45) is 0 Å². The van der Waals surface area contributed by atoms with Crippen LogP contribution in [0.3, 0.4) is 0 Å². The number of ketones is 1. The lowest BCUT2D eigenvalue weighted by molar-refractivity contribution is -0.142. The van der Waals surface area contributed by atoms with E-state index in [-0.39, 0.29) is 24.9 Å². The van der Waals surface area contributed by atoms with Crippen molar-refractivity contribution < 1.29 is 14.6 Å². The molecule has 1 atom stereocenters. The highest BCUT2D eigenvalue weighted by atomic mass is 16.5. The molecule has 0 saturated carbocycles. The fourth-order valence-corrected chi connectivity index (χ4v) is 1.49. The summed E-state index contributed by atoms with van der Waals surface area (Å²) in [7, 11) is 0. The zero-order valence-electron chi connectivity index (χ0n) is 11.6. The summed E-state index contributed by atoms with van der Waals surface area (Å²) in [6, 6.07) is 7.74. The first-order chi connectivity index (χ1) is 8.31. The monoisotopic (exact) mass is 250 g/mol. The van der Waals surface area contributed by atoms with Gasteiger partial charge in [0, 0.05) is 6.42 Å². The van der Waals surface area contributed by atoms with Crippen molar-refractivity contribution in [1.82, 2.24) is 0 Å². The number of carbonyl (C=O) groups is 1. The Kier molecular flexibility index (Phi) is 5.05. The molecule has 1 aromatic carbocycles. The van der Waals surface area contributed by atoms with Crippen LogP contribution in [0.1, 0.15) is 31.9 Å². The van der Waals surface area contributed by atoms with Crippen molar-refractivity contribution >= 4 is 5.78 Å². The molecule has 1 aromatic rings. The molecule has 0 radical (unpaired) electrons. The van der Waals surface area contributed by atoms with Gasteiger partial charge in [-0.3, -0.25) is 4.79 Å². The average molecular weight is 250 g/mol. The molecule has 100 valence electrons. The molecule has 0 amide bonds. The van der Waals surface area contributed by atoms with Crippen LogP contribution in [0.4, 0.5) is 0 Å². The zero-order chi connectivity index (χ0) is 13.8. The minimum Gasteiger partial charge on any atom is -0.380 e. The molecule has 18 heavy (non-hydrogen) atoms. The van der Waals surface area contributed by atoms with E-state index in [0.29, 0.717) is 0 Å². The first kappa shape index (κ1) is 14.9. The minimum atomic E-state index is -1.42. The number of hydrogen-bond donors (Lipinski definition) is 1. The quantitative estimate of drug-likeness (QED) is 0.842. The van der Waals surface area contributed by atoms with E-state index < -0.39 is 5.60 Å². The van der Waals surface area contributed by atoms with E-state index in [9.17, 15) is 9.90 Å². The summed E-state index contributed by atoms with van der Waals surface area (Å²) in [5.41, 5.74) is 0.645. The van der Waals surface area contributed by atoms with Gasteiger partial charge in [0.1, 0.15) is 5.60 Å². The molecule has 0 aromatic heterocycles. The molecule has 0 heterocycles.